The smallest absolute Gasteiger partial charge is 0.197 e. The van der Waals surface area contributed by atoms with Crippen LogP contribution in [0.25, 0.3) is 5.69 Å². The lowest BCUT2D eigenvalue weighted by Crippen LogP contribution is -2.34. The van der Waals surface area contributed by atoms with Crippen LogP contribution in [0, 0.1) is 13.8 Å². The highest BCUT2D eigenvalue weighted by Gasteiger charge is 2.26. The van der Waals surface area contributed by atoms with Crippen LogP contribution in [0.3, 0.4) is 0 Å². The molecule has 0 bridgehead atoms. The lowest BCUT2D eigenvalue weighted by Gasteiger charge is -2.33. The molecule has 7 heteroatoms. The fourth-order valence-electron chi connectivity index (χ4n) is 3.79. The van der Waals surface area contributed by atoms with Crippen LogP contribution in [0.4, 0.5) is 11.8 Å². The Balaban J connectivity index is 1.57. The van der Waals surface area contributed by atoms with Crippen molar-refractivity contribution in [3.63, 3.8) is 0 Å². The first-order valence-corrected chi connectivity index (χ1v) is 9.29. The highest BCUT2D eigenvalue weighted by Crippen LogP contribution is 2.33. The summed E-state index contributed by atoms with van der Waals surface area (Å²) in [6.07, 6.45) is 2.08. The Kier molecular flexibility index (Phi) is 4.36. The van der Waals surface area contributed by atoms with Crippen molar-refractivity contribution >= 4 is 23.4 Å². The van der Waals surface area contributed by atoms with E-state index < -0.39 is 0 Å². The summed E-state index contributed by atoms with van der Waals surface area (Å²) >= 11 is 6.40. The number of aryl methyl sites for hydroxylation is 2. The molecule has 0 saturated carbocycles. The number of nitrogen functional groups attached to an aromatic ring is 1. The van der Waals surface area contributed by atoms with Crippen LogP contribution in [-0.4, -0.2) is 32.8 Å². The van der Waals surface area contributed by atoms with Crippen molar-refractivity contribution < 1.29 is 0 Å². The fourth-order valence-corrected chi connectivity index (χ4v) is 4.00. The molecule has 0 aliphatic carbocycles. The molecule has 0 amide bonds. The second-order valence-corrected chi connectivity index (χ2v) is 7.31. The molecule has 136 valence electrons. The first-order chi connectivity index (χ1) is 12.5. The van der Waals surface area contributed by atoms with Crippen molar-refractivity contribution in [2.24, 2.45) is 0 Å². The molecule has 2 aromatic heterocycles. The van der Waals surface area contributed by atoms with Gasteiger partial charge in [0.15, 0.2) is 5.95 Å². The van der Waals surface area contributed by atoms with Gasteiger partial charge in [0.1, 0.15) is 5.82 Å². The maximum atomic E-state index is 6.40. The van der Waals surface area contributed by atoms with Gasteiger partial charge < -0.3 is 15.6 Å². The van der Waals surface area contributed by atoms with Gasteiger partial charge in [0.2, 0.25) is 0 Å². The van der Waals surface area contributed by atoms with E-state index in [-0.39, 0.29) is 0 Å². The summed E-state index contributed by atoms with van der Waals surface area (Å²) in [6.45, 7) is 5.96. The molecule has 3 heterocycles. The van der Waals surface area contributed by atoms with Gasteiger partial charge in [-0.15, -0.1) is 0 Å². The molecule has 26 heavy (non-hydrogen) atoms. The molecule has 1 aromatic carbocycles. The second kappa shape index (κ2) is 6.68. The van der Waals surface area contributed by atoms with Gasteiger partial charge in [-0.2, -0.15) is 5.10 Å². The minimum Gasteiger partial charge on any atom is -0.369 e. The summed E-state index contributed by atoms with van der Waals surface area (Å²) in [5.41, 5.74) is 9.89. The number of hydrogen-bond donors (Lipinski definition) is 2. The van der Waals surface area contributed by atoms with Crippen LogP contribution in [-0.2, 0) is 0 Å². The first kappa shape index (κ1) is 17.0. The van der Waals surface area contributed by atoms with E-state index in [1.54, 1.807) is 0 Å². The Labute approximate surface area is 158 Å². The van der Waals surface area contributed by atoms with E-state index in [2.05, 4.69) is 26.0 Å². The molecule has 0 radical (unpaired) electrons. The summed E-state index contributed by atoms with van der Waals surface area (Å²) in [6, 6.07) is 9.95. The highest BCUT2D eigenvalue weighted by molar-refractivity contribution is 6.32. The van der Waals surface area contributed by atoms with Gasteiger partial charge in [-0.3, -0.25) is 0 Å². The number of nitrogens with one attached hydrogen (secondary N) is 1. The number of nitrogens with zero attached hydrogens (tertiary/aromatic N) is 4. The number of benzene rings is 1. The minimum absolute atomic E-state index is 0.442. The zero-order valence-corrected chi connectivity index (χ0v) is 15.8. The molecular formula is C19H23ClN6. The summed E-state index contributed by atoms with van der Waals surface area (Å²) in [5.74, 6) is 2.04. The number of halogens is 1. The fraction of sp³-hybridized carbons (Fsp3) is 0.368. The number of anilines is 2. The maximum absolute atomic E-state index is 6.40. The van der Waals surface area contributed by atoms with E-state index in [4.69, 9.17) is 17.3 Å². The lowest BCUT2D eigenvalue weighted by molar-refractivity contribution is 0.490. The van der Waals surface area contributed by atoms with E-state index in [0.717, 1.165) is 54.5 Å². The van der Waals surface area contributed by atoms with Gasteiger partial charge in [-0.05, 0) is 38.8 Å². The molecule has 0 atom stereocenters. The van der Waals surface area contributed by atoms with Crippen LogP contribution >= 0.6 is 11.6 Å². The van der Waals surface area contributed by atoms with Gasteiger partial charge >= 0.3 is 0 Å². The third-order valence-corrected chi connectivity index (χ3v) is 5.36. The number of aromatic nitrogens is 4. The zero-order chi connectivity index (χ0) is 18.3. The number of hydrogen-bond acceptors (Lipinski definition) is 4. The number of para-hydroxylation sites is 1. The second-order valence-electron chi connectivity index (χ2n) is 6.90. The number of nitrogens with two attached hydrogens (primary N) is 1. The van der Waals surface area contributed by atoms with Gasteiger partial charge in [-0.25, -0.2) is 9.67 Å². The van der Waals surface area contributed by atoms with Gasteiger partial charge in [-0.1, -0.05) is 23.7 Å². The number of imidazole rings is 1. The normalized spacial score (nSPS) is 15.6. The Bertz CT molecular complexity index is 920. The van der Waals surface area contributed by atoms with Crippen LogP contribution in [0.5, 0.6) is 0 Å². The maximum Gasteiger partial charge on any atom is 0.197 e. The van der Waals surface area contributed by atoms with Crippen LogP contribution < -0.4 is 10.6 Å². The van der Waals surface area contributed by atoms with Crippen molar-refractivity contribution in [2.75, 3.05) is 23.7 Å². The minimum atomic E-state index is 0.442. The van der Waals surface area contributed by atoms with Crippen molar-refractivity contribution in [2.45, 2.75) is 32.6 Å². The van der Waals surface area contributed by atoms with Gasteiger partial charge in [0.25, 0.3) is 0 Å². The highest BCUT2D eigenvalue weighted by atomic mass is 35.5. The van der Waals surface area contributed by atoms with Crippen molar-refractivity contribution in [3.8, 4) is 5.69 Å². The molecule has 3 N–H and O–H groups in total. The summed E-state index contributed by atoms with van der Waals surface area (Å²) < 4.78 is 1.95. The quantitative estimate of drug-likeness (QED) is 0.734. The lowest BCUT2D eigenvalue weighted by atomic mass is 9.92. The van der Waals surface area contributed by atoms with E-state index in [1.165, 1.54) is 0 Å². The molecule has 1 fully saturated rings. The largest absolute Gasteiger partial charge is 0.369 e. The topological polar surface area (TPSA) is 75.8 Å². The van der Waals surface area contributed by atoms with Gasteiger partial charge in [0.05, 0.1) is 22.1 Å². The van der Waals surface area contributed by atoms with Crippen LogP contribution in [0.1, 0.15) is 35.8 Å². The third kappa shape index (κ3) is 3.05. The summed E-state index contributed by atoms with van der Waals surface area (Å²) in [7, 11) is 0. The molecule has 6 nitrogen and oxygen atoms in total. The van der Waals surface area contributed by atoms with E-state index >= 15 is 0 Å². The van der Waals surface area contributed by atoms with E-state index in [9.17, 15) is 0 Å². The molecule has 1 saturated heterocycles. The van der Waals surface area contributed by atoms with E-state index in [1.807, 2.05) is 42.8 Å². The van der Waals surface area contributed by atoms with E-state index in [0.29, 0.717) is 16.9 Å². The Morgan fingerprint density at radius 1 is 1.19 bits per heavy atom. The molecule has 0 unspecified atom stereocenters. The third-order valence-electron chi connectivity index (χ3n) is 5.04. The summed E-state index contributed by atoms with van der Waals surface area (Å²) in [4.78, 5) is 9.97. The van der Waals surface area contributed by atoms with Gasteiger partial charge in [0, 0.05) is 30.8 Å². The monoisotopic (exact) mass is 370 g/mol. The molecule has 1 aliphatic rings. The van der Waals surface area contributed by atoms with Crippen LogP contribution in [0.15, 0.2) is 30.3 Å². The molecule has 3 aromatic rings. The van der Waals surface area contributed by atoms with Crippen molar-refractivity contribution in [1.29, 1.82) is 0 Å². The average Bonchev–Trinajstić information content (AvgIpc) is 3.17. The Hall–Kier alpha value is -2.47. The molecule has 0 spiro atoms. The Morgan fingerprint density at radius 2 is 1.92 bits per heavy atom. The standard InChI is InChI=1S/C19H23ClN6/c1-12-11-17(26(24-12)16-6-4-3-5-15(16)20)25-9-7-14(8-10-25)18-13(2)22-19(21)23-18/h3-6,11,14H,7-10H2,1-2H3,(H3,21,22,23). The first-order valence-electron chi connectivity index (χ1n) is 8.91. The molecule has 1 aliphatic heterocycles. The van der Waals surface area contributed by atoms with Crippen molar-refractivity contribution in [1.82, 2.24) is 19.7 Å². The van der Waals surface area contributed by atoms with Crippen molar-refractivity contribution in [3.05, 3.63) is 52.4 Å². The number of piperidine rings is 1. The predicted molar refractivity (Wildman–Crippen MR) is 105 cm³/mol. The SMILES string of the molecule is Cc1cc(N2CCC(c3nc(N)[nH]c3C)CC2)n(-c2ccccc2Cl)n1. The average molecular weight is 371 g/mol. The number of aromatic amines is 1. The summed E-state index contributed by atoms with van der Waals surface area (Å²) in [5, 5.41) is 5.37. The zero-order valence-electron chi connectivity index (χ0n) is 15.0. The Morgan fingerprint density at radius 3 is 2.58 bits per heavy atom. The molecule has 4 rings (SSSR count). The number of rotatable bonds is 3. The number of H-pyrrole nitrogens is 1. The van der Waals surface area contributed by atoms with Crippen LogP contribution in [0.2, 0.25) is 5.02 Å². The molecular weight excluding hydrogens is 348 g/mol. The predicted octanol–water partition coefficient (Wildman–Crippen LogP) is 3.83.